The Bertz CT molecular complexity index is 774. The first kappa shape index (κ1) is 20.7. The van der Waals surface area contributed by atoms with Crippen LogP contribution in [-0.2, 0) is 6.18 Å². The van der Waals surface area contributed by atoms with Gasteiger partial charge in [0.25, 0.3) is 5.91 Å². The molecule has 2 rings (SSSR count). The van der Waals surface area contributed by atoms with Gasteiger partial charge in [0.05, 0.1) is 5.56 Å². The Morgan fingerprint density at radius 1 is 1.00 bits per heavy atom. The van der Waals surface area contributed by atoms with Crippen molar-refractivity contribution >= 4 is 46.4 Å². The van der Waals surface area contributed by atoms with Crippen molar-refractivity contribution in [1.29, 1.82) is 0 Å². The quantitative estimate of drug-likeness (QED) is 0.498. The molecule has 0 fully saturated rings. The Balaban J connectivity index is 2.27. The first-order valence-corrected chi connectivity index (χ1v) is 8.49. The molecule has 2 aromatic rings. The summed E-state index contributed by atoms with van der Waals surface area (Å²) in [4.78, 5) is 12.3. The van der Waals surface area contributed by atoms with Gasteiger partial charge in [-0.05, 0) is 31.2 Å². The molecule has 1 atom stereocenters. The number of nitrogens with one attached hydrogen (secondary N) is 2. The van der Waals surface area contributed by atoms with Crippen LogP contribution < -0.4 is 10.6 Å². The number of amides is 1. The zero-order valence-corrected chi connectivity index (χ0v) is 15.6. The third-order valence-electron chi connectivity index (χ3n) is 3.45. The van der Waals surface area contributed by atoms with Gasteiger partial charge in [0, 0.05) is 11.3 Å². The maximum Gasteiger partial charge on any atom is 0.418 e. The van der Waals surface area contributed by atoms with Crippen molar-refractivity contribution in [2.24, 2.45) is 0 Å². The number of halogens is 6. The second kappa shape index (κ2) is 7.94. The van der Waals surface area contributed by atoms with Crippen molar-refractivity contribution in [3.8, 4) is 0 Å². The van der Waals surface area contributed by atoms with Crippen molar-refractivity contribution in [2.45, 2.75) is 23.1 Å². The zero-order valence-electron chi connectivity index (χ0n) is 13.4. The van der Waals surface area contributed by atoms with Crippen LogP contribution in [0.2, 0.25) is 0 Å². The third kappa shape index (κ3) is 5.43. The minimum absolute atomic E-state index is 0.278. The van der Waals surface area contributed by atoms with E-state index in [0.717, 1.165) is 11.6 Å². The normalized spacial score (nSPS) is 13.2. The lowest BCUT2D eigenvalue weighted by Gasteiger charge is -2.28. The summed E-state index contributed by atoms with van der Waals surface area (Å²) in [5, 5.41) is 4.87. The molecular formula is C17H14Cl3F3N2O. The van der Waals surface area contributed by atoms with Gasteiger partial charge in [0.15, 0.2) is 0 Å². The van der Waals surface area contributed by atoms with Gasteiger partial charge in [-0.15, -0.1) is 0 Å². The summed E-state index contributed by atoms with van der Waals surface area (Å²) >= 11 is 17.5. The summed E-state index contributed by atoms with van der Waals surface area (Å²) < 4.78 is 37.3. The maximum atomic E-state index is 13.1. The van der Waals surface area contributed by atoms with Crippen molar-refractivity contribution in [2.75, 3.05) is 5.32 Å². The molecule has 9 heteroatoms. The topological polar surface area (TPSA) is 41.1 Å². The van der Waals surface area contributed by atoms with E-state index < -0.39 is 27.6 Å². The molecule has 140 valence electrons. The van der Waals surface area contributed by atoms with Gasteiger partial charge in [0.1, 0.15) is 6.17 Å². The predicted octanol–water partition coefficient (Wildman–Crippen LogP) is 5.55. The predicted molar refractivity (Wildman–Crippen MR) is 97.8 cm³/mol. The molecule has 0 aliphatic rings. The third-order valence-corrected chi connectivity index (χ3v) is 4.10. The minimum atomic E-state index is -4.61. The van der Waals surface area contributed by atoms with Crippen LogP contribution in [0.5, 0.6) is 0 Å². The zero-order chi connectivity index (χ0) is 19.5. The largest absolute Gasteiger partial charge is 0.418 e. The Labute approximate surface area is 163 Å². The lowest BCUT2D eigenvalue weighted by molar-refractivity contribution is -0.137. The highest BCUT2D eigenvalue weighted by Crippen LogP contribution is 2.37. The summed E-state index contributed by atoms with van der Waals surface area (Å²) in [6.45, 7) is 1.85. The number of hydrogen-bond acceptors (Lipinski definition) is 2. The van der Waals surface area contributed by atoms with Gasteiger partial charge in [-0.3, -0.25) is 4.79 Å². The molecule has 0 aliphatic heterocycles. The molecular weight excluding hydrogens is 412 g/mol. The Morgan fingerprint density at radius 3 is 2.12 bits per heavy atom. The van der Waals surface area contributed by atoms with E-state index in [4.69, 9.17) is 34.8 Å². The summed E-state index contributed by atoms with van der Waals surface area (Å²) in [5.74, 6) is -0.599. The number of hydrogen-bond donors (Lipinski definition) is 2. The van der Waals surface area contributed by atoms with Crippen molar-refractivity contribution in [1.82, 2.24) is 5.32 Å². The van der Waals surface area contributed by atoms with Gasteiger partial charge >= 0.3 is 6.18 Å². The number of para-hydroxylation sites is 1. The van der Waals surface area contributed by atoms with E-state index in [1.54, 1.807) is 24.3 Å². The van der Waals surface area contributed by atoms with E-state index >= 15 is 0 Å². The molecule has 26 heavy (non-hydrogen) atoms. The molecule has 0 saturated carbocycles. The van der Waals surface area contributed by atoms with E-state index in [9.17, 15) is 18.0 Å². The Kier molecular flexibility index (Phi) is 6.32. The van der Waals surface area contributed by atoms with E-state index in [2.05, 4.69) is 10.6 Å². The van der Waals surface area contributed by atoms with Crippen LogP contribution in [0.4, 0.5) is 18.9 Å². The van der Waals surface area contributed by atoms with Gasteiger partial charge in [-0.2, -0.15) is 13.2 Å². The second-order valence-corrected chi connectivity index (χ2v) is 7.87. The molecule has 1 amide bonds. The molecule has 3 nitrogen and oxygen atoms in total. The van der Waals surface area contributed by atoms with Crippen LogP contribution in [-0.4, -0.2) is 15.9 Å². The fourth-order valence-corrected chi connectivity index (χ4v) is 2.46. The Hall–Kier alpha value is -1.63. The molecule has 0 aliphatic carbocycles. The number of anilines is 1. The van der Waals surface area contributed by atoms with Crippen LogP contribution in [0.1, 0.15) is 21.5 Å². The maximum absolute atomic E-state index is 13.1. The molecule has 0 heterocycles. The van der Waals surface area contributed by atoms with E-state index in [-0.39, 0.29) is 11.3 Å². The van der Waals surface area contributed by atoms with Gasteiger partial charge in [-0.1, -0.05) is 64.6 Å². The summed E-state index contributed by atoms with van der Waals surface area (Å²) in [6, 6.07) is 11.3. The molecule has 2 N–H and O–H groups in total. The average Bonchev–Trinajstić information content (AvgIpc) is 2.53. The average molecular weight is 426 g/mol. The molecule has 0 spiro atoms. The van der Waals surface area contributed by atoms with Crippen LogP contribution >= 0.6 is 34.8 Å². The van der Waals surface area contributed by atoms with Crippen LogP contribution in [0.25, 0.3) is 0 Å². The minimum Gasteiger partial charge on any atom is -0.361 e. The van der Waals surface area contributed by atoms with Gasteiger partial charge in [-0.25, -0.2) is 0 Å². The van der Waals surface area contributed by atoms with Crippen LogP contribution in [0.15, 0.2) is 48.5 Å². The number of benzene rings is 2. The number of carbonyl (C=O) groups excluding carboxylic acids is 1. The molecule has 0 aromatic heterocycles. The highest BCUT2D eigenvalue weighted by molar-refractivity contribution is 6.68. The smallest absolute Gasteiger partial charge is 0.361 e. The highest BCUT2D eigenvalue weighted by atomic mass is 35.6. The lowest BCUT2D eigenvalue weighted by Crippen LogP contribution is -2.49. The lowest BCUT2D eigenvalue weighted by atomic mass is 10.1. The number of alkyl halides is 6. The molecule has 0 saturated heterocycles. The summed E-state index contributed by atoms with van der Waals surface area (Å²) in [6.07, 6.45) is -6.01. The standard InChI is InChI=1S/C17H14Cl3F3N2O/c1-10-6-8-11(9-7-10)14(26)25-15(16(18,19)20)24-13-5-3-2-4-12(13)17(21,22)23/h2-9,15,24H,1H3,(H,25,26)/t15-/m0/s1. The fraction of sp³-hybridized carbons (Fsp3) is 0.235. The van der Waals surface area contributed by atoms with Gasteiger partial charge < -0.3 is 10.6 Å². The fourth-order valence-electron chi connectivity index (χ4n) is 2.13. The molecule has 2 aromatic carbocycles. The van der Waals surface area contributed by atoms with E-state index in [1.807, 2.05) is 6.92 Å². The van der Waals surface area contributed by atoms with E-state index in [1.165, 1.54) is 18.2 Å². The summed E-state index contributed by atoms with van der Waals surface area (Å²) in [7, 11) is 0. The highest BCUT2D eigenvalue weighted by Gasteiger charge is 2.38. The molecule has 0 unspecified atom stereocenters. The molecule has 0 bridgehead atoms. The van der Waals surface area contributed by atoms with Gasteiger partial charge in [0.2, 0.25) is 3.79 Å². The van der Waals surface area contributed by atoms with Crippen molar-refractivity contribution in [3.05, 3.63) is 65.2 Å². The van der Waals surface area contributed by atoms with Crippen LogP contribution in [0.3, 0.4) is 0 Å². The van der Waals surface area contributed by atoms with Crippen molar-refractivity contribution < 1.29 is 18.0 Å². The summed E-state index contributed by atoms with van der Waals surface area (Å²) in [5.41, 5.74) is -0.0400. The Morgan fingerprint density at radius 2 is 1.58 bits per heavy atom. The first-order chi connectivity index (χ1) is 12.0. The first-order valence-electron chi connectivity index (χ1n) is 7.35. The number of rotatable bonds is 4. The number of carbonyl (C=O) groups is 1. The van der Waals surface area contributed by atoms with E-state index in [0.29, 0.717) is 0 Å². The number of aryl methyl sites for hydroxylation is 1. The van der Waals surface area contributed by atoms with Crippen LogP contribution in [0, 0.1) is 6.92 Å². The molecule has 0 radical (unpaired) electrons. The van der Waals surface area contributed by atoms with Crippen molar-refractivity contribution in [3.63, 3.8) is 0 Å². The second-order valence-electron chi connectivity index (χ2n) is 5.50. The SMILES string of the molecule is Cc1ccc(C(=O)N[C@H](Nc2ccccc2C(F)(F)F)C(Cl)(Cl)Cl)cc1. The monoisotopic (exact) mass is 424 g/mol.